The molecule has 2 aromatic rings. The Bertz CT molecular complexity index is 590. The van der Waals surface area contributed by atoms with Gasteiger partial charge in [0.05, 0.1) is 18.8 Å². The number of rotatable bonds is 4. The average molecular weight is 289 g/mol. The van der Waals surface area contributed by atoms with Gasteiger partial charge in [-0.1, -0.05) is 6.42 Å². The molecule has 0 aliphatic carbocycles. The Morgan fingerprint density at radius 2 is 2.14 bits per heavy atom. The summed E-state index contributed by atoms with van der Waals surface area (Å²) in [5.41, 5.74) is 0.862. The Hall–Kier alpha value is -2.38. The molecule has 0 unspecified atom stereocenters. The summed E-state index contributed by atoms with van der Waals surface area (Å²) in [7, 11) is 0. The predicted octanol–water partition coefficient (Wildman–Crippen LogP) is 0.727. The number of H-pyrrole nitrogens is 1. The maximum Gasteiger partial charge on any atom is 0.315 e. The highest BCUT2D eigenvalue weighted by Gasteiger charge is 2.14. The van der Waals surface area contributed by atoms with Crippen molar-refractivity contribution in [2.24, 2.45) is 0 Å². The van der Waals surface area contributed by atoms with E-state index in [1.165, 1.54) is 6.42 Å². The van der Waals surface area contributed by atoms with Crippen molar-refractivity contribution in [1.29, 1.82) is 0 Å². The van der Waals surface area contributed by atoms with Crippen molar-refractivity contribution in [3.05, 3.63) is 29.6 Å². The topological polar surface area (TPSA) is 101 Å². The van der Waals surface area contributed by atoms with Crippen molar-refractivity contribution >= 4 is 6.03 Å². The zero-order valence-corrected chi connectivity index (χ0v) is 11.8. The number of hydrogen-bond acceptors (Lipinski definition) is 4. The van der Waals surface area contributed by atoms with Crippen LogP contribution in [0.4, 0.5) is 4.79 Å². The Morgan fingerprint density at radius 3 is 3.00 bits per heavy atom. The summed E-state index contributed by atoms with van der Waals surface area (Å²) in [6.45, 7) is 1.75. The number of aryl methyl sites for hydroxylation is 1. The van der Waals surface area contributed by atoms with E-state index in [9.17, 15) is 4.79 Å². The summed E-state index contributed by atoms with van der Waals surface area (Å²) >= 11 is 0. The minimum absolute atomic E-state index is 0.226. The number of urea groups is 1. The van der Waals surface area contributed by atoms with Crippen LogP contribution >= 0.6 is 0 Å². The molecule has 0 fully saturated rings. The fourth-order valence-corrected chi connectivity index (χ4v) is 2.46. The maximum absolute atomic E-state index is 11.8. The van der Waals surface area contributed by atoms with Crippen molar-refractivity contribution in [3.63, 3.8) is 0 Å². The fraction of sp³-hybridized carbons (Fsp3) is 0.538. The van der Waals surface area contributed by atoms with E-state index >= 15 is 0 Å². The number of carbonyl (C=O) groups excluding carboxylic acids is 1. The second-order valence-electron chi connectivity index (χ2n) is 5.11. The summed E-state index contributed by atoms with van der Waals surface area (Å²) in [4.78, 5) is 11.8. The standard InChI is InChI=1S/C13H19N7O/c21-13(14-8-10-5-6-16-17-10)15-9-12-19-18-11-4-2-1-3-7-20(11)12/h5-6H,1-4,7-9H2,(H,16,17)(H2,14,15,21). The normalized spacial score (nSPS) is 14.3. The Balaban J connectivity index is 1.50. The van der Waals surface area contributed by atoms with Crippen LogP contribution in [0.3, 0.4) is 0 Å². The van der Waals surface area contributed by atoms with Gasteiger partial charge in [0.1, 0.15) is 5.82 Å². The van der Waals surface area contributed by atoms with Crippen LogP contribution < -0.4 is 10.6 Å². The van der Waals surface area contributed by atoms with E-state index in [2.05, 4.69) is 35.6 Å². The van der Waals surface area contributed by atoms with Gasteiger partial charge in [0.25, 0.3) is 0 Å². The van der Waals surface area contributed by atoms with Crippen LogP contribution in [-0.4, -0.2) is 31.0 Å². The lowest BCUT2D eigenvalue weighted by atomic mass is 10.2. The molecule has 2 amide bonds. The van der Waals surface area contributed by atoms with E-state index < -0.39 is 0 Å². The highest BCUT2D eigenvalue weighted by atomic mass is 16.2. The molecular weight excluding hydrogens is 270 g/mol. The van der Waals surface area contributed by atoms with Crippen molar-refractivity contribution in [2.45, 2.75) is 45.3 Å². The Labute approximate surface area is 122 Å². The van der Waals surface area contributed by atoms with E-state index in [1.54, 1.807) is 6.20 Å². The van der Waals surface area contributed by atoms with Crippen LogP contribution in [0.15, 0.2) is 12.3 Å². The minimum Gasteiger partial charge on any atom is -0.333 e. The molecule has 8 heteroatoms. The first-order chi connectivity index (χ1) is 10.3. The lowest BCUT2D eigenvalue weighted by Gasteiger charge is -2.09. The van der Waals surface area contributed by atoms with Crippen molar-refractivity contribution in [2.75, 3.05) is 0 Å². The van der Waals surface area contributed by atoms with E-state index in [1.807, 2.05) is 6.07 Å². The van der Waals surface area contributed by atoms with Gasteiger partial charge in [0.2, 0.25) is 0 Å². The first-order valence-corrected chi connectivity index (χ1v) is 7.24. The number of nitrogens with one attached hydrogen (secondary N) is 3. The number of amides is 2. The third-order valence-corrected chi connectivity index (χ3v) is 3.59. The molecule has 3 rings (SSSR count). The number of hydrogen-bond donors (Lipinski definition) is 3. The molecule has 0 spiro atoms. The van der Waals surface area contributed by atoms with Gasteiger partial charge >= 0.3 is 6.03 Å². The minimum atomic E-state index is -0.226. The predicted molar refractivity (Wildman–Crippen MR) is 75.2 cm³/mol. The molecule has 3 heterocycles. The smallest absolute Gasteiger partial charge is 0.315 e. The molecule has 0 saturated heterocycles. The molecule has 3 N–H and O–H groups in total. The fourth-order valence-electron chi connectivity index (χ4n) is 2.46. The van der Waals surface area contributed by atoms with E-state index in [-0.39, 0.29) is 6.03 Å². The van der Waals surface area contributed by atoms with Gasteiger partial charge in [0.15, 0.2) is 5.82 Å². The number of fused-ring (bicyclic) bond motifs is 1. The third kappa shape index (κ3) is 3.39. The van der Waals surface area contributed by atoms with Crippen LogP contribution in [0.25, 0.3) is 0 Å². The summed E-state index contributed by atoms with van der Waals surface area (Å²) in [6.07, 6.45) is 6.15. The number of aromatic amines is 1. The molecule has 0 bridgehead atoms. The number of aromatic nitrogens is 5. The zero-order chi connectivity index (χ0) is 14.5. The largest absolute Gasteiger partial charge is 0.333 e. The molecule has 2 aromatic heterocycles. The van der Waals surface area contributed by atoms with Gasteiger partial charge in [-0.2, -0.15) is 5.10 Å². The van der Waals surface area contributed by atoms with Gasteiger partial charge in [-0.3, -0.25) is 5.10 Å². The van der Waals surface area contributed by atoms with Gasteiger partial charge in [-0.25, -0.2) is 4.79 Å². The van der Waals surface area contributed by atoms with Crippen LogP contribution in [0.2, 0.25) is 0 Å². The lowest BCUT2D eigenvalue weighted by molar-refractivity contribution is 0.239. The molecule has 1 aliphatic heterocycles. The van der Waals surface area contributed by atoms with E-state index in [4.69, 9.17) is 0 Å². The number of carbonyl (C=O) groups is 1. The van der Waals surface area contributed by atoms with Gasteiger partial charge in [0, 0.05) is 19.2 Å². The molecular formula is C13H19N7O. The van der Waals surface area contributed by atoms with Gasteiger partial charge < -0.3 is 15.2 Å². The van der Waals surface area contributed by atoms with Gasteiger partial charge in [-0.05, 0) is 18.9 Å². The molecule has 0 aromatic carbocycles. The molecule has 0 radical (unpaired) electrons. The van der Waals surface area contributed by atoms with Crippen LogP contribution in [0.1, 0.15) is 36.6 Å². The van der Waals surface area contributed by atoms with E-state index in [0.29, 0.717) is 13.1 Å². The van der Waals surface area contributed by atoms with Crippen molar-refractivity contribution in [1.82, 2.24) is 35.6 Å². The zero-order valence-electron chi connectivity index (χ0n) is 11.8. The van der Waals surface area contributed by atoms with Crippen molar-refractivity contribution in [3.8, 4) is 0 Å². The Kier molecular flexibility index (Phi) is 4.13. The van der Waals surface area contributed by atoms with E-state index in [0.717, 1.165) is 43.1 Å². The van der Waals surface area contributed by atoms with Crippen molar-refractivity contribution < 1.29 is 4.79 Å². The second kappa shape index (κ2) is 6.38. The molecule has 0 saturated carbocycles. The SMILES string of the molecule is O=C(NCc1ccn[nH]1)NCc1nnc2n1CCCCC2. The maximum atomic E-state index is 11.8. The molecule has 0 atom stereocenters. The molecule has 112 valence electrons. The first kappa shape index (κ1) is 13.6. The van der Waals surface area contributed by atoms with Gasteiger partial charge in [-0.15, -0.1) is 10.2 Å². The number of nitrogens with zero attached hydrogens (tertiary/aromatic N) is 4. The Morgan fingerprint density at radius 1 is 1.24 bits per heavy atom. The summed E-state index contributed by atoms with van der Waals surface area (Å²) in [6, 6.07) is 1.59. The molecule has 1 aliphatic rings. The summed E-state index contributed by atoms with van der Waals surface area (Å²) < 4.78 is 2.13. The highest BCUT2D eigenvalue weighted by Crippen LogP contribution is 2.14. The molecule has 8 nitrogen and oxygen atoms in total. The van der Waals surface area contributed by atoms with Crippen LogP contribution in [0.5, 0.6) is 0 Å². The average Bonchev–Trinajstić information content (AvgIpc) is 3.08. The quantitative estimate of drug-likeness (QED) is 0.772. The molecule has 21 heavy (non-hydrogen) atoms. The van der Waals surface area contributed by atoms with Crippen LogP contribution in [-0.2, 0) is 26.1 Å². The first-order valence-electron chi connectivity index (χ1n) is 7.24. The third-order valence-electron chi connectivity index (χ3n) is 3.59. The monoisotopic (exact) mass is 289 g/mol. The second-order valence-corrected chi connectivity index (χ2v) is 5.11. The summed E-state index contributed by atoms with van der Waals surface area (Å²) in [5.74, 6) is 1.85. The lowest BCUT2D eigenvalue weighted by Crippen LogP contribution is -2.35. The summed E-state index contributed by atoms with van der Waals surface area (Å²) in [5, 5.41) is 20.6. The van der Waals surface area contributed by atoms with Crippen LogP contribution in [0, 0.1) is 0 Å². The highest BCUT2D eigenvalue weighted by molar-refractivity contribution is 5.73.